The molecule has 1 saturated heterocycles. The predicted molar refractivity (Wildman–Crippen MR) is 120 cm³/mol. The lowest BCUT2D eigenvalue weighted by atomic mass is 10.2. The molecule has 0 aromatic carbocycles. The minimum atomic E-state index is -4.89. The molecular formula is C21H22F6N8O3. The highest BCUT2D eigenvalue weighted by molar-refractivity contribution is 5.93. The molecular weight excluding hydrogens is 526 g/mol. The lowest BCUT2D eigenvalue weighted by Gasteiger charge is -2.34. The van der Waals surface area contributed by atoms with Crippen molar-refractivity contribution in [1.82, 2.24) is 25.1 Å². The summed E-state index contributed by atoms with van der Waals surface area (Å²) in [6.07, 6.45) is -5.67. The molecule has 1 aliphatic heterocycles. The van der Waals surface area contributed by atoms with Gasteiger partial charge < -0.3 is 20.0 Å². The molecule has 11 nitrogen and oxygen atoms in total. The Labute approximate surface area is 210 Å². The number of piperazine rings is 1. The van der Waals surface area contributed by atoms with Gasteiger partial charge in [0, 0.05) is 38.6 Å². The fraction of sp³-hybridized carbons (Fsp3) is 0.524. The molecule has 4 rings (SSSR count). The molecule has 1 saturated carbocycles. The van der Waals surface area contributed by atoms with Gasteiger partial charge in [-0.2, -0.15) is 31.4 Å². The van der Waals surface area contributed by atoms with Crippen molar-refractivity contribution in [1.29, 1.82) is 0 Å². The minimum absolute atomic E-state index is 0.122. The van der Waals surface area contributed by atoms with Gasteiger partial charge in [-0.3, -0.25) is 9.59 Å². The Hall–Kier alpha value is -3.92. The van der Waals surface area contributed by atoms with E-state index >= 15 is 0 Å². The number of aromatic nitrogens is 4. The van der Waals surface area contributed by atoms with Crippen molar-refractivity contribution in [2.24, 2.45) is 5.16 Å². The van der Waals surface area contributed by atoms with Crippen molar-refractivity contribution >= 4 is 23.3 Å². The van der Waals surface area contributed by atoms with Crippen molar-refractivity contribution in [2.45, 2.75) is 37.7 Å². The van der Waals surface area contributed by atoms with Crippen LogP contribution >= 0.6 is 0 Å². The van der Waals surface area contributed by atoms with Gasteiger partial charge in [0.1, 0.15) is 5.56 Å². The lowest BCUT2D eigenvalue weighted by Crippen LogP contribution is -2.50. The number of halogens is 6. The standard InChI is InChI=1S/C21H22F6N8O3/c22-20(23,24)12-8-28-19(29-9-12)35-6-4-34(5-7-35)16(36)11-38-33-14-3-1-2-13(14)31-15-10-30-32-18(37)17(15)21(25,26)27/h8-10,13H,1-7,11H2,(H2,31,32,37). The van der Waals surface area contributed by atoms with Crippen LogP contribution in [0.4, 0.5) is 38.0 Å². The van der Waals surface area contributed by atoms with Crippen molar-refractivity contribution in [3.63, 3.8) is 0 Å². The van der Waals surface area contributed by atoms with Gasteiger partial charge in [-0.05, 0) is 19.3 Å². The monoisotopic (exact) mass is 548 g/mol. The number of oxime groups is 1. The first-order valence-electron chi connectivity index (χ1n) is 11.5. The molecule has 3 heterocycles. The number of carbonyl (C=O) groups excluding carboxylic acids is 1. The summed E-state index contributed by atoms with van der Waals surface area (Å²) in [6, 6.07) is -0.637. The predicted octanol–water partition coefficient (Wildman–Crippen LogP) is 2.28. The first kappa shape index (κ1) is 27.1. The van der Waals surface area contributed by atoms with E-state index in [1.165, 1.54) is 4.90 Å². The molecule has 2 N–H and O–H groups in total. The molecule has 1 amide bonds. The highest BCUT2D eigenvalue weighted by Crippen LogP contribution is 2.33. The summed E-state index contributed by atoms with van der Waals surface area (Å²) >= 11 is 0. The zero-order valence-corrected chi connectivity index (χ0v) is 19.6. The van der Waals surface area contributed by atoms with Crippen LogP contribution in [-0.2, 0) is 22.0 Å². The zero-order valence-electron chi connectivity index (χ0n) is 19.6. The number of H-pyrrole nitrogens is 1. The first-order chi connectivity index (χ1) is 17.9. The summed E-state index contributed by atoms with van der Waals surface area (Å²) in [5.41, 5.74) is -3.80. The third kappa shape index (κ3) is 6.31. The Bertz CT molecular complexity index is 1220. The Balaban J connectivity index is 1.29. The van der Waals surface area contributed by atoms with E-state index in [9.17, 15) is 35.9 Å². The van der Waals surface area contributed by atoms with Crippen LogP contribution in [0.2, 0.25) is 0 Å². The van der Waals surface area contributed by atoms with Crippen molar-refractivity contribution in [3.8, 4) is 0 Å². The lowest BCUT2D eigenvalue weighted by molar-refractivity contribution is -0.139. The summed E-state index contributed by atoms with van der Waals surface area (Å²) in [5, 5.41) is 11.8. The molecule has 17 heteroatoms. The molecule has 2 fully saturated rings. The number of carbonyl (C=O) groups is 1. The highest BCUT2D eigenvalue weighted by atomic mass is 19.4. The molecule has 1 atom stereocenters. The SMILES string of the molecule is O=C(CON=C1CCCC1Nc1cn[nH]c(=O)c1C(F)(F)F)N1CCN(c2ncc(C(F)(F)F)cn2)CC1. The number of nitrogens with zero attached hydrogens (tertiary/aromatic N) is 6. The minimum Gasteiger partial charge on any atom is -0.386 e. The molecule has 2 aliphatic rings. The summed E-state index contributed by atoms with van der Waals surface area (Å²) in [7, 11) is 0. The number of nitrogens with one attached hydrogen (secondary N) is 2. The first-order valence-corrected chi connectivity index (χ1v) is 11.5. The Morgan fingerprint density at radius 3 is 2.39 bits per heavy atom. The van der Waals surface area contributed by atoms with Crippen LogP contribution in [0, 0.1) is 0 Å². The van der Waals surface area contributed by atoms with Gasteiger partial charge in [0.25, 0.3) is 11.5 Å². The second-order valence-electron chi connectivity index (χ2n) is 8.57. The largest absolute Gasteiger partial charge is 0.423 e. The fourth-order valence-electron chi connectivity index (χ4n) is 4.12. The van der Waals surface area contributed by atoms with E-state index in [1.54, 1.807) is 10.00 Å². The molecule has 0 bridgehead atoms. The number of amides is 1. The van der Waals surface area contributed by atoms with Crippen molar-refractivity contribution in [3.05, 3.63) is 40.1 Å². The number of rotatable bonds is 6. The fourth-order valence-corrected chi connectivity index (χ4v) is 4.12. The normalized spacial score (nSPS) is 19.6. The maximum absolute atomic E-state index is 13.3. The van der Waals surface area contributed by atoms with Crippen LogP contribution in [0.1, 0.15) is 30.4 Å². The van der Waals surface area contributed by atoms with E-state index in [1.807, 2.05) is 0 Å². The number of hydrogen-bond donors (Lipinski definition) is 2. The average molecular weight is 548 g/mol. The number of aromatic amines is 1. The van der Waals surface area contributed by atoms with Crippen LogP contribution in [0.3, 0.4) is 0 Å². The van der Waals surface area contributed by atoms with Crippen LogP contribution in [0.15, 0.2) is 28.5 Å². The number of alkyl halides is 6. The molecule has 206 valence electrons. The maximum atomic E-state index is 13.3. The molecule has 0 radical (unpaired) electrons. The number of hydrogen-bond acceptors (Lipinski definition) is 9. The van der Waals surface area contributed by atoms with Crippen LogP contribution in [0.5, 0.6) is 0 Å². The van der Waals surface area contributed by atoms with E-state index in [-0.39, 0.29) is 24.9 Å². The summed E-state index contributed by atoms with van der Waals surface area (Å²) in [5.74, 6) is -0.264. The maximum Gasteiger partial charge on any atom is 0.423 e. The van der Waals surface area contributed by atoms with Crippen molar-refractivity contribution < 1.29 is 36.0 Å². The van der Waals surface area contributed by atoms with Gasteiger partial charge in [0.15, 0.2) is 6.61 Å². The molecule has 2 aromatic heterocycles. The van der Waals surface area contributed by atoms with Crippen LogP contribution in [-0.4, -0.2) is 75.5 Å². The third-order valence-electron chi connectivity index (χ3n) is 6.05. The Kier molecular flexibility index (Phi) is 7.73. The highest BCUT2D eigenvalue weighted by Gasteiger charge is 2.38. The molecule has 1 aliphatic carbocycles. The van der Waals surface area contributed by atoms with Gasteiger partial charge >= 0.3 is 12.4 Å². The van der Waals surface area contributed by atoms with Crippen molar-refractivity contribution in [2.75, 3.05) is 43.0 Å². The van der Waals surface area contributed by atoms with E-state index in [2.05, 4.69) is 25.5 Å². The summed E-state index contributed by atoms with van der Waals surface area (Å²) < 4.78 is 77.9. The van der Waals surface area contributed by atoms with Gasteiger partial charge in [0.2, 0.25) is 5.95 Å². The summed E-state index contributed by atoms with van der Waals surface area (Å²) in [4.78, 5) is 40.0. The Morgan fingerprint density at radius 1 is 1.08 bits per heavy atom. The zero-order chi connectivity index (χ0) is 27.5. The average Bonchev–Trinajstić information content (AvgIpc) is 3.29. The van der Waals surface area contributed by atoms with E-state index in [4.69, 9.17) is 4.84 Å². The quantitative estimate of drug-likeness (QED) is 0.416. The van der Waals surface area contributed by atoms with Gasteiger partial charge in [0.05, 0.1) is 29.2 Å². The van der Waals surface area contributed by atoms with Gasteiger partial charge in [-0.1, -0.05) is 5.16 Å². The molecule has 0 spiro atoms. The van der Waals surface area contributed by atoms with Gasteiger partial charge in [-0.25, -0.2) is 15.1 Å². The van der Waals surface area contributed by atoms with E-state index < -0.39 is 47.4 Å². The molecule has 38 heavy (non-hydrogen) atoms. The van der Waals surface area contributed by atoms with E-state index in [0.717, 1.165) is 6.20 Å². The smallest absolute Gasteiger partial charge is 0.386 e. The summed E-state index contributed by atoms with van der Waals surface area (Å²) in [6.45, 7) is 0.687. The van der Waals surface area contributed by atoms with Gasteiger partial charge in [-0.15, -0.1) is 0 Å². The van der Waals surface area contributed by atoms with Crippen LogP contribution < -0.4 is 15.8 Å². The Morgan fingerprint density at radius 2 is 1.76 bits per heavy atom. The topological polar surface area (TPSA) is 129 Å². The molecule has 1 unspecified atom stereocenters. The van der Waals surface area contributed by atoms with Crippen LogP contribution in [0.25, 0.3) is 0 Å². The third-order valence-corrected chi connectivity index (χ3v) is 6.05. The second-order valence-corrected chi connectivity index (χ2v) is 8.57. The molecule has 2 aromatic rings. The number of anilines is 2. The van der Waals surface area contributed by atoms with E-state index in [0.29, 0.717) is 50.5 Å². The second kappa shape index (κ2) is 10.8.